The summed E-state index contributed by atoms with van der Waals surface area (Å²) in [4.78, 5) is 17.2. The van der Waals surface area contributed by atoms with Crippen molar-refractivity contribution >= 4 is 27.1 Å². The zero-order chi connectivity index (χ0) is 14.8. The van der Waals surface area contributed by atoms with Crippen molar-refractivity contribution in [3.63, 3.8) is 0 Å². The predicted molar refractivity (Wildman–Crippen MR) is 77.6 cm³/mol. The molecule has 0 aliphatic carbocycles. The molecule has 0 bridgehead atoms. The van der Waals surface area contributed by atoms with E-state index in [-0.39, 0.29) is 10.8 Å². The lowest BCUT2D eigenvalue weighted by Gasteiger charge is -2.04. The summed E-state index contributed by atoms with van der Waals surface area (Å²) in [5.41, 5.74) is 0.429. The van der Waals surface area contributed by atoms with E-state index in [0.29, 0.717) is 12.1 Å². The second kappa shape index (κ2) is 5.72. The number of sulfone groups is 1. The Morgan fingerprint density at radius 1 is 1.30 bits per heavy atom. The van der Waals surface area contributed by atoms with Gasteiger partial charge in [-0.1, -0.05) is 0 Å². The first-order chi connectivity index (χ1) is 9.36. The van der Waals surface area contributed by atoms with Crippen molar-refractivity contribution < 1.29 is 13.2 Å². The third kappa shape index (κ3) is 3.64. The van der Waals surface area contributed by atoms with Crippen LogP contribution in [0.15, 0.2) is 35.4 Å². The minimum absolute atomic E-state index is 0.201. The van der Waals surface area contributed by atoms with Crippen LogP contribution in [0.4, 0.5) is 0 Å². The lowest BCUT2D eigenvalue weighted by atomic mass is 10.2. The van der Waals surface area contributed by atoms with Gasteiger partial charge in [0.1, 0.15) is 0 Å². The molecule has 5 nitrogen and oxygen atoms in total. The summed E-state index contributed by atoms with van der Waals surface area (Å²) < 4.78 is 22.6. The van der Waals surface area contributed by atoms with Crippen LogP contribution in [0.1, 0.15) is 20.2 Å². The molecule has 106 valence electrons. The molecule has 1 amide bonds. The number of nitrogens with one attached hydrogen (secondary N) is 1. The maximum Gasteiger partial charge on any atom is 0.251 e. The summed E-state index contributed by atoms with van der Waals surface area (Å²) in [7, 11) is -3.24. The van der Waals surface area contributed by atoms with Crippen LogP contribution in [-0.2, 0) is 16.4 Å². The zero-order valence-electron chi connectivity index (χ0n) is 11.1. The van der Waals surface area contributed by atoms with Gasteiger partial charge in [-0.05, 0) is 31.2 Å². The van der Waals surface area contributed by atoms with Crippen LogP contribution in [-0.4, -0.2) is 25.6 Å². The highest BCUT2D eigenvalue weighted by atomic mass is 32.2. The Bertz CT molecular complexity index is 718. The number of aromatic nitrogens is 1. The molecule has 1 N–H and O–H groups in total. The van der Waals surface area contributed by atoms with E-state index in [0.717, 1.165) is 16.1 Å². The van der Waals surface area contributed by atoms with E-state index in [1.807, 2.05) is 6.92 Å². The van der Waals surface area contributed by atoms with E-state index in [4.69, 9.17) is 0 Å². The molecule has 0 fully saturated rings. The van der Waals surface area contributed by atoms with Crippen LogP contribution in [0.5, 0.6) is 0 Å². The molecule has 1 heterocycles. The van der Waals surface area contributed by atoms with Gasteiger partial charge in [0.25, 0.3) is 5.91 Å². The van der Waals surface area contributed by atoms with Crippen LogP contribution in [0.3, 0.4) is 0 Å². The Labute approximate surface area is 121 Å². The van der Waals surface area contributed by atoms with Crippen LogP contribution in [0.2, 0.25) is 0 Å². The summed E-state index contributed by atoms with van der Waals surface area (Å²) in [6, 6.07) is 5.87. The van der Waals surface area contributed by atoms with Crippen LogP contribution >= 0.6 is 11.3 Å². The number of carbonyl (C=O) groups is 1. The number of thiazole rings is 1. The number of hydrogen-bond acceptors (Lipinski definition) is 5. The first-order valence-electron chi connectivity index (χ1n) is 5.86. The number of benzene rings is 1. The Hall–Kier alpha value is -1.73. The maximum atomic E-state index is 11.9. The zero-order valence-corrected chi connectivity index (χ0v) is 12.7. The number of rotatable bonds is 4. The first-order valence-corrected chi connectivity index (χ1v) is 8.56. The van der Waals surface area contributed by atoms with Crippen molar-refractivity contribution in [2.45, 2.75) is 18.4 Å². The van der Waals surface area contributed by atoms with Gasteiger partial charge in [0.2, 0.25) is 0 Å². The standard InChI is InChI=1S/C13H14N2O3S2/c1-9-14-7-11(19-9)8-15-13(16)10-3-5-12(6-4-10)20(2,17)18/h3-7H,8H2,1-2H3,(H,15,16). The van der Waals surface area contributed by atoms with Crippen molar-refractivity contribution in [1.82, 2.24) is 10.3 Å². The highest BCUT2D eigenvalue weighted by molar-refractivity contribution is 7.90. The van der Waals surface area contributed by atoms with E-state index in [9.17, 15) is 13.2 Å². The Morgan fingerprint density at radius 2 is 1.95 bits per heavy atom. The van der Waals surface area contributed by atoms with Crippen LogP contribution < -0.4 is 5.32 Å². The van der Waals surface area contributed by atoms with E-state index in [1.54, 1.807) is 6.20 Å². The Morgan fingerprint density at radius 3 is 2.45 bits per heavy atom. The molecule has 0 radical (unpaired) electrons. The molecule has 0 atom stereocenters. The molecule has 20 heavy (non-hydrogen) atoms. The lowest BCUT2D eigenvalue weighted by molar-refractivity contribution is 0.0951. The Kier molecular flexibility index (Phi) is 4.20. The fourth-order valence-corrected chi connectivity index (χ4v) is 2.98. The summed E-state index contributed by atoms with van der Waals surface area (Å²) >= 11 is 1.53. The van der Waals surface area contributed by atoms with Gasteiger partial charge in [-0.25, -0.2) is 13.4 Å². The second-order valence-corrected chi connectivity index (χ2v) is 7.66. The first kappa shape index (κ1) is 14.7. The largest absolute Gasteiger partial charge is 0.347 e. The summed E-state index contributed by atoms with van der Waals surface area (Å²) in [6.45, 7) is 2.32. The van der Waals surface area contributed by atoms with Gasteiger partial charge in [0, 0.05) is 22.9 Å². The lowest BCUT2D eigenvalue weighted by Crippen LogP contribution is -2.22. The summed E-state index contributed by atoms with van der Waals surface area (Å²) in [5.74, 6) is -0.240. The quantitative estimate of drug-likeness (QED) is 0.934. The van der Waals surface area contributed by atoms with Crippen molar-refractivity contribution in [1.29, 1.82) is 0 Å². The van der Waals surface area contributed by atoms with Gasteiger partial charge < -0.3 is 5.32 Å². The van der Waals surface area contributed by atoms with E-state index < -0.39 is 9.84 Å². The molecule has 2 aromatic rings. The molecule has 0 aliphatic heterocycles. The fraction of sp³-hybridized carbons (Fsp3) is 0.231. The van der Waals surface area contributed by atoms with E-state index in [1.165, 1.54) is 35.6 Å². The van der Waals surface area contributed by atoms with Gasteiger partial charge >= 0.3 is 0 Å². The number of carbonyl (C=O) groups excluding carboxylic acids is 1. The van der Waals surface area contributed by atoms with Crippen molar-refractivity contribution in [2.24, 2.45) is 0 Å². The van der Waals surface area contributed by atoms with Gasteiger partial charge in [0.05, 0.1) is 16.4 Å². The smallest absolute Gasteiger partial charge is 0.251 e. The molecule has 1 aromatic heterocycles. The average molecular weight is 310 g/mol. The third-order valence-corrected chi connectivity index (χ3v) is 4.68. The van der Waals surface area contributed by atoms with Gasteiger partial charge in [-0.15, -0.1) is 11.3 Å². The SMILES string of the molecule is Cc1ncc(CNC(=O)c2ccc(S(C)(=O)=O)cc2)s1. The van der Waals surface area contributed by atoms with Crippen molar-refractivity contribution in [3.05, 3.63) is 45.9 Å². The van der Waals surface area contributed by atoms with Crippen LogP contribution in [0.25, 0.3) is 0 Å². The highest BCUT2D eigenvalue weighted by Gasteiger charge is 2.10. The molecular formula is C13H14N2O3S2. The molecule has 2 rings (SSSR count). The van der Waals surface area contributed by atoms with E-state index >= 15 is 0 Å². The molecule has 1 aromatic carbocycles. The predicted octanol–water partition coefficient (Wildman–Crippen LogP) is 1.79. The maximum absolute atomic E-state index is 11.9. The molecule has 0 saturated heterocycles. The molecular weight excluding hydrogens is 296 g/mol. The monoisotopic (exact) mass is 310 g/mol. The van der Waals surface area contributed by atoms with Crippen molar-refractivity contribution in [2.75, 3.05) is 6.26 Å². The number of nitrogens with zero attached hydrogens (tertiary/aromatic N) is 1. The second-order valence-electron chi connectivity index (χ2n) is 4.32. The number of amides is 1. The third-order valence-electron chi connectivity index (χ3n) is 2.64. The summed E-state index contributed by atoms with van der Waals surface area (Å²) in [6.07, 6.45) is 2.86. The highest BCUT2D eigenvalue weighted by Crippen LogP contribution is 2.12. The fourth-order valence-electron chi connectivity index (χ4n) is 1.61. The molecule has 0 aliphatic rings. The minimum Gasteiger partial charge on any atom is -0.347 e. The van der Waals surface area contributed by atoms with E-state index in [2.05, 4.69) is 10.3 Å². The molecule has 7 heteroatoms. The van der Waals surface area contributed by atoms with Gasteiger partial charge in [-0.3, -0.25) is 4.79 Å². The molecule has 0 unspecified atom stereocenters. The average Bonchev–Trinajstić information content (AvgIpc) is 2.81. The van der Waals surface area contributed by atoms with Gasteiger partial charge in [0.15, 0.2) is 9.84 Å². The number of hydrogen-bond donors (Lipinski definition) is 1. The normalized spacial score (nSPS) is 11.3. The van der Waals surface area contributed by atoms with Crippen LogP contribution in [0, 0.1) is 6.92 Å². The van der Waals surface area contributed by atoms with Gasteiger partial charge in [-0.2, -0.15) is 0 Å². The minimum atomic E-state index is -3.24. The number of aryl methyl sites for hydroxylation is 1. The molecule has 0 spiro atoms. The van der Waals surface area contributed by atoms with Crippen molar-refractivity contribution in [3.8, 4) is 0 Å². The molecule has 0 saturated carbocycles. The topological polar surface area (TPSA) is 76.1 Å². The summed E-state index contributed by atoms with van der Waals surface area (Å²) in [5, 5.41) is 3.72. The Balaban J connectivity index is 2.02.